The highest BCUT2D eigenvalue weighted by atomic mass is 19.4. The van der Waals surface area contributed by atoms with E-state index in [1.54, 1.807) is 24.3 Å². The van der Waals surface area contributed by atoms with Crippen LogP contribution in [0.25, 0.3) is 0 Å². The molecule has 10 nitrogen and oxygen atoms in total. The van der Waals surface area contributed by atoms with Crippen LogP contribution in [0.2, 0.25) is 0 Å². The molecule has 0 saturated carbocycles. The molecule has 7 N–H and O–H groups in total. The molecule has 3 rings (SSSR count). The molecule has 224 valence electrons. The van der Waals surface area contributed by atoms with Crippen molar-refractivity contribution in [3.05, 3.63) is 102 Å². The third-order valence-electron chi connectivity index (χ3n) is 5.74. The number of phenolic OH excluding ortho intramolecular Hbond substituents is 1. The number of carbonyl (C=O) groups is 3. The number of amides is 2. The lowest BCUT2D eigenvalue weighted by Gasteiger charge is -2.23. The molecule has 1 atom stereocenters. The predicted octanol–water partition coefficient (Wildman–Crippen LogP) is 1.68. The number of hydrogen-bond acceptors (Lipinski definition) is 6. The van der Waals surface area contributed by atoms with Crippen LogP contribution in [0.3, 0.4) is 0 Å². The van der Waals surface area contributed by atoms with Gasteiger partial charge in [-0.15, -0.1) is 0 Å². The quantitative estimate of drug-likeness (QED) is 0.129. The van der Waals surface area contributed by atoms with Gasteiger partial charge in [0.25, 0.3) is 0 Å². The second-order valence-corrected chi connectivity index (χ2v) is 8.93. The summed E-state index contributed by atoms with van der Waals surface area (Å²) >= 11 is 0. The lowest BCUT2D eigenvalue weighted by molar-refractivity contribution is -0.344. The van der Waals surface area contributed by atoms with Crippen molar-refractivity contribution in [3.8, 4) is 5.75 Å². The van der Waals surface area contributed by atoms with E-state index >= 15 is 0 Å². The van der Waals surface area contributed by atoms with Crippen LogP contribution < -0.4 is 27.2 Å². The SMILES string of the molecule is NC(N)=NCCCC(NC(=O)C(c1ccccc1)c1ccccc1)C(=O)NCc1ccc(O)cc1.O=C([O-])C(F)(F)F. The number of hydrogen-bond donors (Lipinski definition) is 5. The molecule has 13 heteroatoms. The number of aliphatic carboxylic acids is 1. The van der Waals surface area contributed by atoms with Gasteiger partial charge in [-0.2, -0.15) is 13.2 Å². The fraction of sp³-hybridized carbons (Fsp3) is 0.241. The van der Waals surface area contributed by atoms with Crippen molar-refractivity contribution in [2.45, 2.75) is 37.5 Å². The zero-order valence-corrected chi connectivity index (χ0v) is 22.4. The number of nitrogens with zero attached hydrogens (tertiary/aromatic N) is 1. The first-order valence-corrected chi connectivity index (χ1v) is 12.7. The molecule has 0 spiro atoms. The molecule has 0 aliphatic carbocycles. The van der Waals surface area contributed by atoms with Gasteiger partial charge in [0.05, 0.1) is 5.92 Å². The summed E-state index contributed by atoms with van der Waals surface area (Å²) in [4.78, 5) is 39.4. The second kappa shape index (κ2) is 16.3. The molecule has 0 aliphatic heterocycles. The summed E-state index contributed by atoms with van der Waals surface area (Å²) in [7, 11) is 0. The summed E-state index contributed by atoms with van der Waals surface area (Å²) in [5.74, 6) is -4.02. The van der Waals surface area contributed by atoms with Crippen molar-refractivity contribution >= 4 is 23.7 Å². The fourth-order valence-electron chi connectivity index (χ4n) is 3.74. The maximum atomic E-state index is 13.5. The monoisotopic (exact) mass is 586 g/mol. The minimum atomic E-state index is -5.19. The number of aromatic hydroxyl groups is 1. The van der Waals surface area contributed by atoms with Gasteiger partial charge >= 0.3 is 6.18 Å². The van der Waals surface area contributed by atoms with Crippen LogP contribution in [0.15, 0.2) is 89.9 Å². The van der Waals surface area contributed by atoms with Crippen molar-refractivity contribution in [2.75, 3.05) is 6.54 Å². The summed E-state index contributed by atoms with van der Waals surface area (Å²) in [5.41, 5.74) is 13.3. The van der Waals surface area contributed by atoms with E-state index in [4.69, 9.17) is 21.4 Å². The second-order valence-electron chi connectivity index (χ2n) is 8.93. The summed E-state index contributed by atoms with van der Waals surface area (Å²) in [5, 5.41) is 24.1. The van der Waals surface area contributed by atoms with Crippen LogP contribution in [0.5, 0.6) is 5.75 Å². The Morgan fingerprint density at radius 2 is 1.36 bits per heavy atom. The maximum Gasteiger partial charge on any atom is 0.430 e. The van der Waals surface area contributed by atoms with Crippen molar-refractivity contribution in [1.82, 2.24) is 10.6 Å². The Hall–Kier alpha value is -5.07. The average Bonchev–Trinajstić information content (AvgIpc) is 2.95. The van der Waals surface area contributed by atoms with Gasteiger partial charge in [-0.1, -0.05) is 72.8 Å². The highest BCUT2D eigenvalue weighted by molar-refractivity contribution is 5.92. The zero-order valence-electron chi connectivity index (χ0n) is 22.4. The standard InChI is InChI=1S/C27H31N5O3.C2HF3O2/c28-27(29)30-17-7-12-23(25(34)31-18-19-13-15-22(33)16-14-19)32-26(35)24(20-8-3-1-4-9-20)21-10-5-2-6-11-21;3-2(4,5)1(6)7/h1-6,8-11,13-16,23-24,33H,7,12,17-18H2,(H,31,34)(H,32,35)(H4,28,29,30);(H,6,7)/p-1. The summed E-state index contributed by atoms with van der Waals surface area (Å²) < 4.78 is 31.5. The number of carboxylic acids is 1. The minimum Gasteiger partial charge on any atom is -0.542 e. The molecule has 0 radical (unpaired) electrons. The lowest BCUT2D eigenvalue weighted by atomic mass is 9.90. The molecule has 2 amide bonds. The first-order chi connectivity index (χ1) is 19.9. The molecular weight excluding hydrogens is 555 g/mol. The first kappa shape index (κ1) is 33.1. The molecular formula is C29H31F3N5O5-. The number of alkyl halides is 3. The van der Waals surface area contributed by atoms with Gasteiger partial charge in [0.2, 0.25) is 11.8 Å². The number of nitrogens with two attached hydrogens (primary N) is 2. The fourth-order valence-corrected chi connectivity index (χ4v) is 3.74. The van der Waals surface area contributed by atoms with Crippen molar-refractivity contribution < 1.29 is 37.8 Å². The highest BCUT2D eigenvalue weighted by Crippen LogP contribution is 2.25. The number of phenols is 1. The predicted molar refractivity (Wildman–Crippen MR) is 148 cm³/mol. The number of aliphatic imine (C=N–C) groups is 1. The Morgan fingerprint density at radius 1 is 0.857 bits per heavy atom. The van der Waals surface area contributed by atoms with Gasteiger partial charge in [0.15, 0.2) is 5.96 Å². The number of benzene rings is 3. The van der Waals surface area contributed by atoms with E-state index in [1.807, 2.05) is 60.7 Å². The van der Waals surface area contributed by atoms with Crippen LogP contribution in [0.1, 0.15) is 35.4 Å². The van der Waals surface area contributed by atoms with Gasteiger partial charge in [-0.05, 0) is 41.7 Å². The molecule has 3 aromatic rings. The lowest BCUT2D eigenvalue weighted by Crippen LogP contribution is -2.48. The molecule has 0 heterocycles. The van der Waals surface area contributed by atoms with E-state index in [0.717, 1.165) is 16.7 Å². The van der Waals surface area contributed by atoms with E-state index < -0.39 is 24.1 Å². The van der Waals surface area contributed by atoms with Crippen molar-refractivity contribution in [3.63, 3.8) is 0 Å². The van der Waals surface area contributed by atoms with Gasteiger partial charge in [-0.25, -0.2) is 0 Å². The Morgan fingerprint density at radius 3 is 1.81 bits per heavy atom. The van der Waals surface area contributed by atoms with Crippen LogP contribution >= 0.6 is 0 Å². The summed E-state index contributed by atoms with van der Waals surface area (Å²) in [6.07, 6.45) is -4.32. The normalized spacial score (nSPS) is 11.4. The maximum absolute atomic E-state index is 13.5. The summed E-state index contributed by atoms with van der Waals surface area (Å²) in [6.45, 7) is 0.612. The summed E-state index contributed by atoms with van der Waals surface area (Å²) in [6, 6.07) is 24.7. The van der Waals surface area contributed by atoms with E-state index in [1.165, 1.54) is 0 Å². The zero-order chi connectivity index (χ0) is 31.1. The largest absolute Gasteiger partial charge is 0.542 e. The molecule has 0 saturated heterocycles. The van der Waals surface area contributed by atoms with Gasteiger partial charge in [0, 0.05) is 13.1 Å². The third kappa shape index (κ3) is 11.6. The van der Waals surface area contributed by atoms with E-state index in [2.05, 4.69) is 15.6 Å². The van der Waals surface area contributed by atoms with E-state index in [-0.39, 0.29) is 30.1 Å². The highest BCUT2D eigenvalue weighted by Gasteiger charge is 2.29. The van der Waals surface area contributed by atoms with Crippen LogP contribution in [-0.2, 0) is 20.9 Å². The van der Waals surface area contributed by atoms with Gasteiger partial charge < -0.3 is 37.1 Å². The van der Waals surface area contributed by atoms with Crippen LogP contribution in [0, 0.1) is 0 Å². The Bertz CT molecular complexity index is 1280. The molecule has 42 heavy (non-hydrogen) atoms. The molecule has 0 aliphatic rings. The number of halogens is 3. The minimum absolute atomic E-state index is 0.0180. The average molecular weight is 587 g/mol. The Labute approximate surface area is 240 Å². The number of nitrogens with one attached hydrogen (secondary N) is 2. The van der Waals surface area contributed by atoms with Gasteiger partial charge in [0.1, 0.15) is 17.8 Å². The van der Waals surface area contributed by atoms with Crippen molar-refractivity contribution in [2.24, 2.45) is 16.5 Å². The Balaban J connectivity index is 0.000000782. The molecule has 0 bridgehead atoms. The van der Waals surface area contributed by atoms with Gasteiger partial charge in [-0.3, -0.25) is 14.6 Å². The number of rotatable bonds is 11. The number of carboxylic acid groups (broad SMARTS) is 1. The van der Waals surface area contributed by atoms with Crippen LogP contribution in [0.4, 0.5) is 13.2 Å². The van der Waals surface area contributed by atoms with E-state index in [9.17, 15) is 27.9 Å². The number of guanidine groups is 1. The number of carbonyl (C=O) groups excluding carboxylic acids is 3. The van der Waals surface area contributed by atoms with Crippen molar-refractivity contribution in [1.29, 1.82) is 0 Å². The molecule has 0 aromatic heterocycles. The van der Waals surface area contributed by atoms with E-state index in [0.29, 0.717) is 19.4 Å². The van der Waals surface area contributed by atoms with Crippen LogP contribution in [-0.4, -0.2) is 47.6 Å². The topological polar surface area (TPSA) is 183 Å². The first-order valence-electron chi connectivity index (χ1n) is 12.7. The molecule has 1 unspecified atom stereocenters. The Kier molecular flexibility index (Phi) is 12.8. The third-order valence-corrected chi connectivity index (χ3v) is 5.74. The molecule has 0 fully saturated rings. The smallest absolute Gasteiger partial charge is 0.430 e. The molecule has 3 aromatic carbocycles.